The molecule has 1 aliphatic rings. The molecule has 1 atom stereocenters. The van der Waals surface area contributed by atoms with Crippen molar-refractivity contribution in [1.82, 2.24) is 0 Å². The lowest BCUT2D eigenvalue weighted by molar-refractivity contribution is 0.0381. The zero-order valence-electron chi connectivity index (χ0n) is 11.2. The van der Waals surface area contributed by atoms with Crippen LogP contribution in [0.5, 0.6) is 0 Å². The van der Waals surface area contributed by atoms with E-state index in [0.29, 0.717) is 6.61 Å². The first-order valence-electron chi connectivity index (χ1n) is 6.43. The molecule has 0 spiro atoms. The van der Waals surface area contributed by atoms with Crippen LogP contribution in [-0.2, 0) is 11.2 Å². The Morgan fingerprint density at radius 3 is 2.41 bits per heavy atom. The van der Waals surface area contributed by atoms with Gasteiger partial charge in [0.2, 0.25) is 0 Å². The Bertz CT molecular complexity index is 382. The lowest BCUT2D eigenvalue weighted by atomic mass is 9.83. The Hall–Kier alpha value is -0.860. The first-order valence-corrected chi connectivity index (χ1v) is 6.43. The normalized spacial score (nSPS) is 24.9. The maximum absolute atomic E-state index is 6.44. The highest BCUT2D eigenvalue weighted by molar-refractivity contribution is 5.38. The van der Waals surface area contributed by atoms with Gasteiger partial charge < -0.3 is 10.5 Å². The number of benzene rings is 1. The molecule has 0 aromatic heterocycles. The van der Waals surface area contributed by atoms with Crippen molar-refractivity contribution in [3.63, 3.8) is 0 Å². The maximum atomic E-state index is 6.44. The van der Waals surface area contributed by atoms with Crippen molar-refractivity contribution in [3.05, 3.63) is 34.4 Å². The second-order valence-corrected chi connectivity index (χ2v) is 5.57. The van der Waals surface area contributed by atoms with E-state index < -0.39 is 0 Å². The summed E-state index contributed by atoms with van der Waals surface area (Å²) in [6, 6.07) is 4.49. The van der Waals surface area contributed by atoms with Crippen molar-refractivity contribution in [3.8, 4) is 0 Å². The topological polar surface area (TPSA) is 35.2 Å². The van der Waals surface area contributed by atoms with E-state index >= 15 is 0 Å². The van der Waals surface area contributed by atoms with Gasteiger partial charge >= 0.3 is 0 Å². The minimum Gasteiger partial charge on any atom is -0.380 e. The molecule has 1 aromatic carbocycles. The molecule has 1 unspecified atom stereocenters. The van der Waals surface area contributed by atoms with E-state index in [-0.39, 0.29) is 5.54 Å². The molecule has 2 rings (SSSR count). The van der Waals surface area contributed by atoms with Crippen molar-refractivity contribution in [2.45, 2.75) is 45.6 Å². The van der Waals surface area contributed by atoms with E-state index in [9.17, 15) is 0 Å². The summed E-state index contributed by atoms with van der Waals surface area (Å²) < 4.78 is 5.54. The van der Waals surface area contributed by atoms with Crippen molar-refractivity contribution in [2.24, 2.45) is 5.73 Å². The summed E-state index contributed by atoms with van der Waals surface area (Å²) in [7, 11) is 0. The number of ether oxygens (including phenoxy) is 1. The molecule has 2 N–H and O–H groups in total. The molecule has 0 bridgehead atoms. The van der Waals surface area contributed by atoms with E-state index in [4.69, 9.17) is 10.5 Å². The van der Waals surface area contributed by atoms with Crippen LogP contribution in [0.1, 0.15) is 35.1 Å². The molecule has 1 aromatic rings. The summed E-state index contributed by atoms with van der Waals surface area (Å²) in [5.74, 6) is 0. The molecule has 1 aliphatic heterocycles. The summed E-state index contributed by atoms with van der Waals surface area (Å²) in [5.41, 5.74) is 11.7. The van der Waals surface area contributed by atoms with E-state index in [0.717, 1.165) is 25.9 Å². The smallest absolute Gasteiger partial charge is 0.0649 e. The standard InChI is InChI=1S/C15H23NO/c1-11-7-12(2)14(13(3)8-11)9-15(16)5-4-6-17-10-15/h7-8H,4-6,9-10,16H2,1-3H3. The van der Waals surface area contributed by atoms with Gasteiger partial charge in [-0.1, -0.05) is 17.7 Å². The summed E-state index contributed by atoms with van der Waals surface area (Å²) in [5, 5.41) is 0. The average molecular weight is 233 g/mol. The second-order valence-electron chi connectivity index (χ2n) is 5.57. The lowest BCUT2D eigenvalue weighted by Crippen LogP contribution is -2.49. The third-order valence-electron chi connectivity index (χ3n) is 3.72. The Morgan fingerprint density at radius 2 is 1.88 bits per heavy atom. The number of hydrogen-bond acceptors (Lipinski definition) is 2. The summed E-state index contributed by atoms with van der Waals surface area (Å²) in [4.78, 5) is 0. The van der Waals surface area contributed by atoms with Crippen LogP contribution in [0, 0.1) is 20.8 Å². The molecular weight excluding hydrogens is 210 g/mol. The Kier molecular flexibility index (Phi) is 3.55. The van der Waals surface area contributed by atoms with Crippen LogP contribution in [0.15, 0.2) is 12.1 Å². The van der Waals surface area contributed by atoms with Gasteiger partial charge in [0.25, 0.3) is 0 Å². The number of rotatable bonds is 2. The third kappa shape index (κ3) is 2.88. The fourth-order valence-corrected chi connectivity index (χ4v) is 2.85. The van der Waals surface area contributed by atoms with Gasteiger partial charge in [-0.25, -0.2) is 0 Å². The SMILES string of the molecule is Cc1cc(C)c(CC2(N)CCCOC2)c(C)c1. The van der Waals surface area contributed by atoms with Gasteiger partial charge in [0, 0.05) is 12.1 Å². The van der Waals surface area contributed by atoms with Crippen molar-refractivity contribution in [2.75, 3.05) is 13.2 Å². The van der Waals surface area contributed by atoms with E-state index in [1.807, 2.05) is 0 Å². The zero-order chi connectivity index (χ0) is 12.5. The quantitative estimate of drug-likeness (QED) is 0.852. The number of hydrogen-bond donors (Lipinski definition) is 1. The highest BCUT2D eigenvalue weighted by Crippen LogP contribution is 2.25. The molecule has 1 fully saturated rings. The van der Waals surface area contributed by atoms with Crippen LogP contribution < -0.4 is 5.73 Å². The molecule has 2 heteroatoms. The second kappa shape index (κ2) is 4.79. The molecule has 1 saturated heterocycles. The van der Waals surface area contributed by atoms with Crippen LogP contribution in [0.3, 0.4) is 0 Å². The molecular formula is C15H23NO. The molecule has 0 radical (unpaired) electrons. The molecule has 17 heavy (non-hydrogen) atoms. The van der Waals surface area contributed by atoms with Crippen molar-refractivity contribution < 1.29 is 4.74 Å². The highest BCUT2D eigenvalue weighted by Gasteiger charge is 2.29. The third-order valence-corrected chi connectivity index (χ3v) is 3.72. The minimum atomic E-state index is -0.164. The first-order chi connectivity index (χ1) is 8.00. The van der Waals surface area contributed by atoms with Crippen LogP contribution in [0.2, 0.25) is 0 Å². The zero-order valence-corrected chi connectivity index (χ0v) is 11.2. The van der Waals surface area contributed by atoms with Crippen LogP contribution >= 0.6 is 0 Å². The van der Waals surface area contributed by atoms with Crippen LogP contribution in [0.25, 0.3) is 0 Å². The highest BCUT2D eigenvalue weighted by atomic mass is 16.5. The minimum absolute atomic E-state index is 0.164. The molecule has 2 nitrogen and oxygen atoms in total. The Balaban J connectivity index is 2.23. The van der Waals surface area contributed by atoms with Crippen molar-refractivity contribution >= 4 is 0 Å². The monoisotopic (exact) mass is 233 g/mol. The molecule has 0 saturated carbocycles. The molecule has 0 amide bonds. The van der Waals surface area contributed by atoms with E-state index in [2.05, 4.69) is 32.9 Å². The fourth-order valence-electron chi connectivity index (χ4n) is 2.85. The molecule has 1 heterocycles. The predicted molar refractivity (Wildman–Crippen MR) is 71.3 cm³/mol. The van der Waals surface area contributed by atoms with Gasteiger partial charge in [0.05, 0.1) is 6.61 Å². The van der Waals surface area contributed by atoms with Crippen LogP contribution in [-0.4, -0.2) is 18.8 Å². The van der Waals surface area contributed by atoms with Gasteiger partial charge in [0.1, 0.15) is 0 Å². The summed E-state index contributed by atoms with van der Waals surface area (Å²) in [6.07, 6.45) is 3.09. The van der Waals surface area contributed by atoms with Gasteiger partial charge in [0.15, 0.2) is 0 Å². The van der Waals surface area contributed by atoms with Gasteiger partial charge in [-0.05, 0) is 56.7 Å². The number of aryl methyl sites for hydroxylation is 3. The van der Waals surface area contributed by atoms with Gasteiger partial charge in [-0.3, -0.25) is 0 Å². The average Bonchev–Trinajstić information content (AvgIpc) is 2.24. The van der Waals surface area contributed by atoms with E-state index in [1.54, 1.807) is 0 Å². The van der Waals surface area contributed by atoms with E-state index in [1.165, 1.54) is 22.3 Å². The predicted octanol–water partition coefficient (Wildman–Crippen LogP) is 2.66. The first kappa shape index (κ1) is 12.6. The fraction of sp³-hybridized carbons (Fsp3) is 0.600. The Morgan fingerprint density at radius 1 is 1.24 bits per heavy atom. The van der Waals surface area contributed by atoms with Gasteiger partial charge in [-0.2, -0.15) is 0 Å². The number of nitrogens with two attached hydrogens (primary N) is 1. The molecule has 94 valence electrons. The maximum Gasteiger partial charge on any atom is 0.0649 e. The van der Waals surface area contributed by atoms with Gasteiger partial charge in [-0.15, -0.1) is 0 Å². The van der Waals surface area contributed by atoms with Crippen LogP contribution in [0.4, 0.5) is 0 Å². The van der Waals surface area contributed by atoms with Crippen molar-refractivity contribution in [1.29, 1.82) is 0 Å². The largest absolute Gasteiger partial charge is 0.380 e. The molecule has 0 aliphatic carbocycles. The lowest BCUT2D eigenvalue weighted by Gasteiger charge is -2.34. The Labute approximate surface area is 104 Å². The summed E-state index contributed by atoms with van der Waals surface area (Å²) in [6.45, 7) is 8.07. The summed E-state index contributed by atoms with van der Waals surface area (Å²) >= 11 is 0.